The molecule has 0 bridgehead atoms. The van der Waals surface area contributed by atoms with E-state index >= 15 is 0 Å². The molecule has 136 valence electrons. The van der Waals surface area contributed by atoms with E-state index in [0.717, 1.165) is 35.1 Å². The number of nitrogens with one attached hydrogen (secondary N) is 1. The molecule has 2 aliphatic carbocycles. The monoisotopic (exact) mass is 341 g/mol. The van der Waals surface area contributed by atoms with Crippen LogP contribution in [0.3, 0.4) is 0 Å². The van der Waals surface area contributed by atoms with Gasteiger partial charge in [0.25, 0.3) is 0 Å². The molecule has 0 aliphatic heterocycles. The van der Waals surface area contributed by atoms with Crippen molar-refractivity contribution in [3.63, 3.8) is 0 Å². The zero-order valence-corrected chi connectivity index (χ0v) is 15.7. The second kappa shape index (κ2) is 7.15. The van der Waals surface area contributed by atoms with Crippen molar-refractivity contribution in [3.8, 4) is 0 Å². The summed E-state index contributed by atoms with van der Waals surface area (Å²) in [6.07, 6.45) is 5.40. The lowest BCUT2D eigenvalue weighted by atomic mass is 9.84. The highest BCUT2D eigenvalue weighted by Crippen LogP contribution is 2.43. The molecule has 0 spiro atoms. The average molecular weight is 341 g/mol. The number of allylic oxidation sites excluding steroid dienone is 1. The number of aryl methyl sites for hydroxylation is 3. The van der Waals surface area contributed by atoms with Gasteiger partial charge in [-0.25, -0.2) is 0 Å². The standard InChI is InChI=1S/C22H29NO2.H2/c1-13-9-14(2)21(15(3)10-13)22-16(4)17(11-19(22)24)12-20(25)23-18-7-5-6-8-18;/h9-10,17-18,22H,4-8,11-12H2,1-3H3,(H,23,25);1H. The minimum Gasteiger partial charge on any atom is -0.353 e. The van der Waals surface area contributed by atoms with Crippen molar-refractivity contribution in [2.45, 2.75) is 71.3 Å². The van der Waals surface area contributed by atoms with E-state index in [4.69, 9.17) is 0 Å². The van der Waals surface area contributed by atoms with Crippen LogP contribution < -0.4 is 5.32 Å². The zero-order valence-electron chi connectivity index (χ0n) is 15.7. The molecule has 1 amide bonds. The third-order valence-corrected chi connectivity index (χ3v) is 5.84. The Morgan fingerprint density at radius 1 is 1.20 bits per heavy atom. The van der Waals surface area contributed by atoms with Crippen molar-refractivity contribution >= 4 is 11.7 Å². The number of hydrogen-bond donors (Lipinski definition) is 1. The van der Waals surface area contributed by atoms with Gasteiger partial charge in [0, 0.05) is 20.3 Å². The molecule has 2 aliphatic rings. The van der Waals surface area contributed by atoms with Gasteiger partial charge in [-0.1, -0.05) is 42.7 Å². The van der Waals surface area contributed by atoms with Crippen molar-refractivity contribution in [2.24, 2.45) is 5.92 Å². The topological polar surface area (TPSA) is 46.2 Å². The Morgan fingerprint density at radius 2 is 1.80 bits per heavy atom. The molecule has 0 aromatic heterocycles. The van der Waals surface area contributed by atoms with Gasteiger partial charge in [-0.15, -0.1) is 0 Å². The Bertz CT molecular complexity index is 696. The molecule has 2 unspecified atom stereocenters. The first-order valence-electron chi connectivity index (χ1n) is 9.45. The molecular formula is C22H31NO2. The number of carbonyl (C=O) groups is 2. The van der Waals surface area contributed by atoms with E-state index in [2.05, 4.69) is 44.8 Å². The summed E-state index contributed by atoms with van der Waals surface area (Å²) in [6, 6.07) is 4.58. The van der Waals surface area contributed by atoms with E-state index in [9.17, 15) is 9.59 Å². The van der Waals surface area contributed by atoms with Crippen molar-refractivity contribution in [1.82, 2.24) is 5.32 Å². The first kappa shape index (κ1) is 17.9. The Kier molecular flexibility index (Phi) is 5.12. The van der Waals surface area contributed by atoms with Gasteiger partial charge in [-0.2, -0.15) is 0 Å². The molecule has 0 heterocycles. The molecule has 3 rings (SSSR count). The van der Waals surface area contributed by atoms with Crippen LogP contribution in [0.15, 0.2) is 24.3 Å². The third kappa shape index (κ3) is 3.70. The van der Waals surface area contributed by atoms with Crippen LogP contribution >= 0.6 is 0 Å². The quantitative estimate of drug-likeness (QED) is 0.818. The summed E-state index contributed by atoms with van der Waals surface area (Å²) in [5.41, 5.74) is 5.52. The van der Waals surface area contributed by atoms with Crippen LogP contribution in [0.25, 0.3) is 0 Å². The number of amides is 1. The Labute approximate surface area is 152 Å². The molecular weight excluding hydrogens is 310 g/mol. The summed E-state index contributed by atoms with van der Waals surface area (Å²) < 4.78 is 0. The van der Waals surface area contributed by atoms with Gasteiger partial charge >= 0.3 is 0 Å². The van der Waals surface area contributed by atoms with E-state index < -0.39 is 0 Å². The van der Waals surface area contributed by atoms with Crippen molar-refractivity contribution in [3.05, 3.63) is 46.5 Å². The maximum atomic E-state index is 12.7. The Hall–Kier alpha value is -1.90. The van der Waals surface area contributed by atoms with Crippen LogP contribution in [0.2, 0.25) is 0 Å². The minimum absolute atomic E-state index is 0. The maximum absolute atomic E-state index is 12.7. The predicted molar refractivity (Wildman–Crippen MR) is 103 cm³/mol. The molecule has 1 aromatic rings. The van der Waals surface area contributed by atoms with Crippen LogP contribution in [0.5, 0.6) is 0 Å². The van der Waals surface area contributed by atoms with Gasteiger partial charge in [-0.05, 0) is 56.2 Å². The summed E-state index contributed by atoms with van der Waals surface area (Å²) >= 11 is 0. The summed E-state index contributed by atoms with van der Waals surface area (Å²) in [5, 5.41) is 3.13. The minimum atomic E-state index is -0.245. The molecule has 0 radical (unpaired) electrons. The highest BCUT2D eigenvalue weighted by molar-refractivity contribution is 5.94. The SMILES string of the molecule is C=C1C(CC(=O)NC2CCCC2)CC(=O)C1c1c(C)cc(C)cc1C.[HH]. The number of rotatable bonds is 4. The predicted octanol–water partition coefficient (Wildman–Crippen LogP) is 4.54. The Morgan fingerprint density at radius 3 is 2.40 bits per heavy atom. The van der Waals surface area contributed by atoms with Gasteiger partial charge in [0.15, 0.2) is 0 Å². The molecule has 2 fully saturated rings. The fourth-order valence-corrected chi connectivity index (χ4v) is 4.71. The highest BCUT2D eigenvalue weighted by atomic mass is 16.1. The third-order valence-electron chi connectivity index (χ3n) is 5.84. The van der Waals surface area contributed by atoms with Crippen molar-refractivity contribution in [1.29, 1.82) is 0 Å². The van der Waals surface area contributed by atoms with E-state index in [-0.39, 0.29) is 25.0 Å². The fourth-order valence-electron chi connectivity index (χ4n) is 4.71. The highest BCUT2D eigenvalue weighted by Gasteiger charge is 2.39. The maximum Gasteiger partial charge on any atom is 0.220 e. The lowest BCUT2D eigenvalue weighted by Gasteiger charge is -2.20. The fraction of sp³-hybridized carbons (Fsp3) is 0.545. The largest absolute Gasteiger partial charge is 0.353 e. The van der Waals surface area contributed by atoms with Crippen LogP contribution in [0, 0.1) is 26.7 Å². The first-order valence-corrected chi connectivity index (χ1v) is 9.45. The van der Waals surface area contributed by atoms with E-state index in [1.807, 2.05) is 0 Å². The van der Waals surface area contributed by atoms with Crippen LogP contribution in [-0.4, -0.2) is 17.7 Å². The second-order valence-corrected chi connectivity index (χ2v) is 7.94. The molecule has 25 heavy (non-hydrogen) atoms. The van der Waals surface area contributed by atoms with Gasteiger partial charge in [0.1, 0.15) is 5.78 Å². The number of Topliss-reactive ketones (excluding diaryl/α,β-unsaturated/α-hetero) is 1. The first-order chi connectivity index (χ1) is 11.9. The average Bonchev–Trinajstić information content (AvgIpc) is 3.10. The molecule has 3 nitrogen and oxygen atoms in total. The van der Waals surface area contributed by atoms with Gasteiger partial charge in [0.2, 0.25) is 5.91 Å². The zero-order chi connectivity index (χ0) is 18.1. The number of carbonyl (C=O) groups excluding carboxylic acids is 2. The number of ketones is 1. The van der Waals surface area contributed by atoms with Gasteiger partial charge < -0.3 is 5.32 Å². The summed E-state index contributed by atoms with van der Waals surface area (Å²) in [5.74, 6) is 0.00598. The van der Waals surface area contributed by atoms with E-state index in [0.29, 0.717) is 18.9 Å². The summed E-state index contributed by atoms with van der Waals surface area (Å²) in [7, 11) is 0. The molecule has 0 saturated heterocycles. The van der Waals surface area contributed by atoms with Crippen LogP contribution in [0.4, 0.5) is 0 Å². The van der Waals surface area contributed by atoms with Crippen molar-refractivity contribution < 1.29 is 11.0 Å². The lowest BCUT2D eigenvalue weighted by Crippen LogP contribution is -2.33. The van der Waals surface area contributed by atoms with Gasteiger partial charge in [0.05, 0.1) is 5.92 Å². The molecule has 2 saturated carbocycles. The summed E-state index contributed by atoms with van der Waals surface area (Å²) in [4.78, 5) is 25.1. The molecule has 3 heteroatoms. The molecule has 1 aromatic carbocycles. The molecule has 2 atom stereocenters. The summed E-state index contributed by atoms with van der Waals surface area (Å²) in [6.45, 7) is 10.4. The van der Waals surface area contributed by atoms with E-state index in [1.54, 1.807) is 0 Å². The normalized spacial score (nSPS) is 24.1. The van der Waals surface area contributed by atoms with Crippen LogP contribution in [-0.2, 0) is 9.59 Å². The van der Waals surface area contributed by atoms with Gasteiger partial charge in [-0.3, -0.25) is 9.59 Å². The smallest absolute Gasteiger partial charge is 0.220 e. The van der Waals surface area contributed by atoms with Crippen molar-refractivity contribution in [2.75, 3.05) is 0 Å². The van der Waals surface area contributed by atoms with E-state index in [1.165, 1.54) is 18.4 Å². The number of hydrogen-bond acceptors (Lipinski definition) is 2. The van der Waals surface area contributed by atoms with Crippen LogP contribution in [0.1, 0.15) is 68.1 Å². The lowest BCUT2D eigenvalue weighted by molar-refractivity contribution is -0.122. The number of benzene rings is 1. The Balaban J connectivity index is 0.00000243. The second-order valence-electron chi connectivity index (χ2n) is 7.94. The molecule has 1 N–H and O–H groups in total.